The van der Waals surface area contributed by atoms with Crippen LogP contribution in [0.4, 0.5) is 5.69 Å². The van der Waals surface area contributed by atoms with E-state index in [-0.39, 0.29) is 11.5 Å². The minimum atomic E-state index is -0.947. The first-order valence-corrected chi connectivity index (χ1v) is 7.54. The van der Waals surface area contributed by atoms with Crippen molar-refractivity contribution in [3.8, 4) is 0 Å². The molecule has 0 atom stereocenters. The largest absolute Gasteiger partial charge is 0.478 e. The molecule has 0 spiro atoms. The Morgan fingerprint density at radius 3 is 2.67 bits per heavy atom. The number of hydrogen-bond acceptors (Lipinski definition) is 3. The van der Waals surface area contributed by atoms with Gasteiger partial charge < -0.3 is 14.9 Å². The predicted molar refractivity (Wildman–Crippen MR) is 79.7 cm³/mol. The molecule has 1 aromatic carbocycles. The van der Waals surface area contributed by atoms with Crippen molar-refractivity contribution in [2.24, 2.45) is 0 Å². The van der Waals surface area contributed by atoms with Crippen molar-refractivity contribution in [2.75, 3.05) is 31.1 Å². The Kier molecular flexibility index (Phi) is 3.92. The van der Waals surface area contributed by atoms with Gasteiger partial charge in [0.25, 0.3) is 0 Å². The zero-order valence-electron chi connectivity index (χ0n) is 12.0. The summed E-state index contributed by atoms with van der Waals surface area (Å²) in [6.45, 7) is 4.10. The fourth-order valence-electron chi connectivity index (χ4n) is 3.22. The number of benzene rings is 1. The molecule has 3 rings (SSSR count). The van der Waals surface area contributed by atoms with E-state index in [1.807, 2.05) is 0 Å². The van der Waals surface area contributed by atoms with Gasteiger partial charge in [-0.2, -0.15) is 0 Å². The Hall–Kier alpha value is -1.88. The smallest absolute Gasteiger partial charge is 0.335 e. The molecule has 2 heterocycles. The van der Waals surface area contributed by atoms with E-state index in [0.29, 0.717) is 6.42 Å². The monoisotopic (exact) mass is 288 g/mol. The maximum atomic E-state index is 12.1. The Labute approximate surface area is 124 Å². The molecule has 5 nitrogen and oxygen atoms in total. The lowest BCUT2D eigenvalue weighted by atomic mass is 10.1. The van der Waals surface area contributed by atoms with E-state index in [2.05, 4.69) is 4.90 Å². The summed E-state index contributed by atoms with van der Waals surface area (Å²) >= 11 is 0. The molecule has 21 heavy (non-hydrogen) atoms. The molecule has 2 aliphatic rings. The van der Waals surface area contributed by atoms with Gasteiger partial charge in [-0.05, 0) is 62.7 Å². The van der Waals surface area contributed by atoms with Crippen LogP contribution in [0.15, 0.2) is 18.2 Å². The van der Waals surface area contributed by atoms with Crippen LogP contribution >= 0.6 is 0 Å². The number of fused-ring (bicyclic) bond motifs is 1. The van der Waals surface area contributed by atoms with Crippen LogP contribution in [0.1, 0.15) is 35.2 Å². The number of nitrogens with zero attached hydrogens (tertiary/aromatic N) is 2. The number of likely N-dealkylation sites (tertiary alicyclic amines) is 1. The molecule has 1 saturated heterocycles. The van der Waals surface area contributed by atoms with Crippen LogP contribution in [0.2, 0.25) is 0 Å². The molecule has 1 aromatic rings. The summed E-state index contributed by atoms with van der Waals surface area (Å²) in [4.78, 5) is 27.3. The highest BCUT2D eigenvalue weighted by atomic mass is 16.4. The molecule has 0 radical (unpaired) electrons. The highest BCUT2D eigenvalue weighted by Crippen LogP contribution is 2.30. The van der Waals surface area contributed by atoms with Crippen LogP contribution in [0.5, 0.6) is 0 Å². The molecule has 2 aliphatic heterocycles. The maximum absolute atomic E-state index is 12.1. The zero-order chi connectivity index (χ0) is 14.8. The maximum Gasteiger partial charge on any atom is 0.335 e. The van der Waals surface area contributed by atoms with Crippen molar-refractivity contribution in [1.82, 2.24) is 4.90 Å². The van der Waals surface area contributed by atoms with Crippen LogP contribution < -0.4 is 4.90 Å². The van der Waals surface area contributed by atoms with Gasteiger partial charge in [0.2, 0.25) is 5.91 Å². The fourth-order valence-corrected chi connectivity index (χ4v) is 3.22. The molecule has 0 aliphatic carbocycles. The molecule has 0 aromatic heterocycles. The van der Waals surface area contributed by atoms with E-state index >= 15 is 0 Å². The third-order valence-corrected chi connectivity index (χ3v) is 4.31. The third kappa shape index (κ3) is 2.93. The summed E-state index contributed by atoms with van der Waals surface area (Å²) in [5, 5.41) is 9.01. The van der Waals surface area contributed by atoms with E-state index in [0.717, 1.165) is 30.8 Å². The first kappa shape index (κ1) is 14.1. The Morgan fingerprint density at radius 1 is 1.19 bits per heavy atom. The van der Waals surface area contributed by atoms with Gasteiger partial charge in [-0.3, -0.25) is 4.79 Å². The second kappa shape index (κ2) is 5.85. The topological polar surface area (TPSA) is 60.9 Å². The van der Waals surface area contributed by atoms with E-state index in [4.69, 9.17) is 5.11 Å². The second-order valence-electron chi connectivity index (χ2n) is 5.77. The van der Waals surface area contributed by atoms with Gasteiger partial charge in [-0.15, -0.1) is 0 Å². The van der Waals surface area contributed by atoms with Crippen LogP contribution in [-0.2, 0) is 11.2 Å². The number of aromatic carboxylic acids is 1. The average Bonchev–Trinajstić information content (AvgIpc) is 3.06. The van der Waals surface area contributed by atoms with Gasteiger partial charge in [-0.25, -0.2) is 4.79 Å². The lowest BCUT2D eigenvalue weighted by Crippen LogP contribution is -2.31. The number of hydrogen-bond donors (Lipinski definition) is 1. The van der Waals surface area contributed by atoms with Crippen molar-refractivity contribution < 1.29 is 14.7 Å². The zero-order valence-corrected chi connectivity index (χ0v) is 12.0. The highest BCUT2D eigenvalue weighted by Gasteiger charge is 2.27. The number of rotatable bonds is 5. The van der Waals surface area contributed by atoms with Crippen molar-refractivity contribution in [2.45, 2.75) is 25.7 Å². The highest BCUT2D eigenvalue weighted by molar-refractivity contribution is 6.02. The van der Waals surface area contributed by atoms with Gasteiger partial charge in [0.05, 0.1) is 12.0 Å². The molecule has 5 heteroatoms. The number of carbonyl (C=O) groups is 2. The standard InChI is InChI=1S/C16H20N2O3/c19-15-11-13-10-12(16(20)21)4-5-14(13)18(15)9-3-8-17-6-1-2-7-17/h4-5,10H,1-3,6-9,11H2,(H,20,21). The predicted octanol–water partition coefficient (Wildman–Crippen LogP) is 1.76. The Morgan fingerprint density at radius 2 is 1.95 bits per heavy atom. The summed E-state index contributed by atoms with van der Waals surface area (Å²) in [6, 6.07) is 4.96. The molecule has 1 N–H and O–H groups in total. The van der Waals surface area contributed by atoms with E-state index in [1.165, 1.54) is 25.9 Å². The average molecular weight is 288 g/mol. The number of amides is 1. The van der Waals surface area contributed by atoms with Crippen LogP contribution in [0.25, 0.3) is 0 Å². The SMILES string of the molecule is O=C(O)c1ccc2c(c1)CC(=O)N2CCCN1CCCC1. The molecule has 112 valence electrons. The third-order valence-electron chi connectivity index (χ3n) is 4.31. The molecule has 0 bridgehead atoms. The van der Waals surface area contributed by atoms with Gasteiger partial charge in [-0.1, -0.05) is 0 Å². The van der Waals surface area contributed by atoms with Crippen molar-refractivity contribution in [1.29, 1.82) is 0 Å². The number of carboxylic acids is 1. The van der Waals surface area contributed by atoms with Gasteiger partial charge in [0, 0.05) is 12.2 Å². The molecule has 1 amide bonds. The van der Waals surface area contributed by atoms with E-state index < -0.39 is 5.97 Å². The lowest BCUT2D eigenvalue weighted by Gasteiger charge is -2.20. The second-order valence-corrected chi connectivity index (χ2v) is 5.77. The molecule has 0 unspecified atom stereocenters. The lowest BCUT2D eigenvalue weighted by molar-refractivity contribution is -0.117. The van der Waals surface area contributed by atoms with Crippen LogP contribution in [0.3, 0.4) is 0 Å². The van der Waals surface area contributed by atoms with Crippen LogP contribution in [0, 0.1) is 0 Å². The summed E-state index contributed by atoms with van der Waals surface area (Å²) in [7, 11) is 0. The molecular weight excluding hydrogens is 268 g/mol. The van der Waals surface area contributed by atoms with Crippen molar-refractivity contribution in [3.05, 3.63) is 29.3 Å². The van der Waals surface area contributed by atoms with Crippen LogP contribution in [-0.4, -0.2) is 48.1 Å². The van der Waals surface area contributed by atoms with Crippen molar-refractivity contribution >= 4 is 17.6 Å². The van der Waals surface area contributed by atoms with E-state index in [9.17, 15) is 9.59 Å². The number of anilines is 1. The van der Waals surface area contributed by atoms with Gasteiger partial charge in [0.1, 0.15) is 0 Å². The first-order chi connectivity index (χ1) is 10.1. The Balaban J connectivity index is 1.64. The molecule has 1 fully saturated rings. The van der Waals surface area contributed by atoms with Gasteiger partial charge >= 0.3 is 5.97 Å². The Bertz CT molecular complexity index is 565. The van der Waals surface area contributed by atoms with Crippen molar-refractivity contribution in [3.63, 3.8) is 0 Å². The summed E-state index contributed by atoms with van der Waals surface area (Å²) in [6.07, 6.45) is 3.85. The minimum Gasteiger partial charge on any atom is -0.478 e. The first-order valence-electron chi connectivity index (χ1n) is 7.54. The summed E-state index contributed by atoms with van der Waals surface area (Å²) in [5.41, 5.74) is 1.97. The van der Waals surface area contributed by atoms with E-state index in [1.54, 1.807) is 23.1 Å². The fraction of sp³-hybridized carbons (Fsp3) is 0.500. The quantitative estimate of drug-likeness (QED) is 0.897. The minimum absolute atomic E-state index is 0.0777. The number of carbonyl (C=O) groups excluding carboxylic acids is 1. The number of carboxylic acid groups (broad SMARTS) is 1. The molecule has 0 saturated carbocycles. The normalized spacial score (nSPS) is 18.3. The summed E-state index contributed by atoms with van der Waals surface area (Å²) in [5.74, 6) is -0.869. The summed E-state index contributed by atoms with van der Waals surface area (Å²) < 4.78 is 0. The van der Waals surface area contributed by atoms with Gasteiger partial charge in [0.15, 0.2) is 0 Å². The molecular formula is C16H20N2O3.